The molecule has 0 heteroatoms. The second-order valence-electron chi connectivity index (χ2n) is 18.2. The molecule has 1 atom stereocenters. The quantitative estimate of drug-likeness (QED) is 0.111. The topological polar surface area (TPSA) is 0 Å². The largest absolute Gasteiger partial charge is 0.0990 e. The van der Waals surface area contributed by atoms with Crippen LogP contribution in [-0.4, -0.2) is 0 Å². The van der Waals surface area contributed by atoms with Gasteiger partial charge in [0.1, 0.15) is 0 Å². The summed E-state index contributed by atoms with van der Waals surface area (Å²) in [4.78, 5) is 0. The van der Waals surface area contributed by atoms with Crippen molar-refractivity contribution in [1.29, 1.82) is 0 Å². The molecule has 0 nitrogen and oxygen atoms in total. The zero-order valence-corrected chi connectivity index (χ0v) is 48.6. The number of hydrogen-bond donors (Lipinski definition) is 0. The van der Waals surface area contributed by atoms with E-state index in [1.54, 1.807) is 0 Å². The Morgan fingerprint density at radius 2 is 0.942 bits per heavy atom. The van der Waals surface area contributed by atoms with Gasteiger partial charge in [-0.25, -0.2) is 0 Å². The highest BCUT2D eigenvalue weighted by molar-refractivity contribution is 5.84. The molecule has 0 radical (unpaired) electrons. The minimum absolute atomic E-state index is 0.501. The molecule has 69 heavy (non-hydrogen) atoms. The predicted molar refractivity (Wildman–Crippen MR) is 324 cm³/mol. The van der Waals surface area contributed by atoms with Crippen molar-refractivity contribution in [2.45, 2.75) is 184 Å². The van der Waals surface area contributed by atoms with Crippen LogP contribution in [0.15, 0.2) is 158 Å². The maximum atomic E-state index is 3.93. The van der Waals surface area contributed by atoms with Gasteiger partial charge in [-0.1, -0.05) is 279 Å². The molecule has 0 aromatic heterocycles. The Hall–Kier alpha value is -5.20. The molecule has 4 aromatic rings. The number of allylic oxidation sites excluding steroid dienone is 14. The normalized spacial score (nSPS) is 11.7. The van der Waals surface area contributed by atoms with Gasteiger partial charge in [0, 0.05) is 0 Å². The van der Waals surface area contributed by atoms with Crippen molar-refractivity contribution in [3.63, 3.8) is 0 Å². The van der Waals surface area contributed by atoms with Gasteiger partial charge < -0.3 is 0 Å². The van der Waals surface area contributed by atoms with Crippen LogP contribution in [0.1, 0.15) is 192 Å². The van der Waals surface area contributed by atoms with Crippen LogP contribution < -0.4 is 0 Å². The SMILES string of the molecule is C/C=C\C(C)=C(/C)c1ccccc1C.C=C/C=C(\C=C/C(C)C)c1ccc(C)c(-c2cc(C(/C=C\C(C)CC)=C/C=C)ccc2C)c1.CC.CCC.CCC.CCCCC.Cc1cc(C)cc(C)c1. The number of unbranched alkanes of at least 4 members (excludes halogenated alkanes) is 2. The van der Waals surface area contributed by atoms with Crippen LogP contribution >= 0.6 is 0 Å². The third-order valence-corrected chi connectivity index (χ3v) is 10.6. The number of aryl methyl sites for hydroxylation is 6. The van der Waals surface area contributed by atoms with Gasteiger partial charge in [0.25, 0.3) is 0 Å². The molecule has 0 fully saturated rings. The van der Waals surface area contributed by atoms with Gasteiger partial charge in [-0.2, -0.15) is 0 Å². The average molecular weight is 934 g/mol. The second kappa shape index (κ2) is 42.9. The summed E-state index contributed by atoms with van der Waals surface area (Å²) < 4.78 is 0. The van der Waals surface area contributed by atoms with Crippen LogP contribution in [0.25, 0.3) is 27.8 Å². The molecule has 0 bridgehead atoms. The molecule has 380 valence electrons. The fourth-order valence-electron chi connectivity index (χ4n) is 6.77. The molecule has 0 aliphatic rings. The summed E-state index contributed by atoms with van der Waals surface area (Å²) in [5.74, 6) is 1.05. The molecule has 0 saturated heterocycles. The Labute approximate surface area is 430 Å². The molecule has 0 saturated carbocycles. The van der Waals surface area contributed by atoms with E-state index in [0.717, 1.165) is 6.42 Å². The Balaban J connectivity index is -0.000000981. The van der Waals surface area contributed by atoms with Gasteiger partial charge in [-0.15, -0.1) is 0 Å². The van der Waals surface area contributed by atoms with Gasteiger partial charge in [0.2, 0.25) is 0 Å². The Kier molecular flexibility index (Phi) is 42.3. The molecule has 4 rings (SSSR count). The van der Waals surface area contributed by atoms with E-state index in [1.165, 1.54) is 116 Å². The Morgan fingerprint density at radius 1 is 0.536 bits per heavy atom. The fraction of sp³-hybridized carbons (Fsp3) is 0.420. The van der Waals surface area contributed by atoms with Crippen LogP contribution in [0, 0.1) is 53.4 Å². The molecule has 0 aliphatic heterocycles. The predicted octanol–water partition coefficient (Wildman–Crippen LogP) is 23.0. The summed E-state index contributed by atoms with van der Waals surface area (Å²) in [7, 11) is 0. The summed E-state index contributed by atoms with van der Waals surface area (Å²) >= 11 is 0. The summed E-state index contributed by atoms with van der Waals surface area (Å²) in [5, 5.41) is 0. The zero-order valence-electron chi connectivity index (χ0n) is 48.6. The monoisotopic (exact) mass is 933 g/mol. The maximum Gasteiger partial charge on any atom is -0.0146 e. The molecule has 0 amide bonds. The van der Waals surface area contributed by atoms with Crippen molar-refractivity contribution >= 4 is 16.7 Å². The lowest BCUT2D eigenvalue weighted by atomic mass is 9.90. The van der Waals surface area contributed by atoms with Gasteiger partial charge >= 0.3 is 0 Å². The number of rotatable bonds is 14. The third-order valence-electron chi connectivity index (χ3n) is 10.6. The summed E-state index contributed by atoms with van der Waals surface area (Å²) in [6, 6.07) is 28.6. The number of hydrogen-bond acceptors (Lipinski definition) is 0. The van der Waals surface area contributed by atoms with Crippen molar-refractivity contribution in [2.75, 3.05) is 0 Å². The van der Waals surface area contributed by atoms with E-state index in [4.69, 9.17) is 0 Å². The van der Waals surface area contributed by atoms with Gasteiger partial charge in [-0.3, -0.25) is 0 Å². The zero-order chi connectivity index (χ0) is 53.3. The van der Waals surface area contributed by atoms with Crippen LogP contribution in [0.3, 0.4) is 0 Å². The summed E-state index contributed by atoms with van der Waals surface area (Å²) in [6.45, 7) is 52.9. The minimum atomic E-state index is 0.501. The highest BCUT2D eigenvalue weighted by atomic mass is 14.2. The lowest BCUT2D eigenvalue weighted by Crippen LogP contribution is -1.93. The van der Waals surface area contributed by atoms with Crippen molar-refractivity contribution in [2.24, 2.45) is 11.8 Å². The van der Waals surface area contributed by atoms with E-state index in [1.807, 2.05) is 26.0 Å². The highest BCUT2D eigenvalue weighted by Gasteiger charge is 2.11. The summed E-state index contributed by atoms with van der Waals surface area (Å²) in [5.41, 5.74) is 19.3. The minimum Gasteiger partial charge on any atom is -0.0990 e. The van der Waals surface area contributed by atoms with Gasteiger partial charge in [0.05, 0.1) is 0 Å². The fourth-order valence-corrected chi connectivity index (χ4v) is 6.77. The van der Waals surface area contributed by atoms with E-state index >= 15 is 0 Å². The van der Waals surface area contributed by atoms with E-state index in [2.05, 4.69) is 272 Å². The first-order chi connectivity index (χ1) is 32.9. The second-order valence-corrected chi connectivity index (χ2v) is 18.2. The molecule has 1 unspecified atom stereocenters. The van der Waals surface area contributed by atoms with Gasteiger partial charge in [-0.05, 0) is 153 Å². The average Bonchev–Trinajstić information content (AvgIpc) is 3.31. The lowest BCUT2D eigenvalue weighted by molar-refractivity contribution is 0.698. The first-order valence-electron chi connectivity index (χ1n) is 26.5. The Bertz CT molecular complexity index is 2110. The Morgan fingerprint density at radius 3 is 1.28 bits per heavy atom. The third kappa shape index (κ3) is 30.8. The summed E-state index contributed by atoms with van der Waals surface area (Å²) in [6.07, 6.45) is 28.8. The molecular formula is C69H104. The van der Waals surface area contributed by atoms with Crippen molar-refractivity contribution in [1.82, 2.24) is 0 Å². The van der Waals surface area contributed by atoms with E-state index in [0.29, 0.717) is 11.8 Å². The van der Waals surface area contributed by atoms with E-state index < -0.39 is 0 Å². The lowest BCUT2D eigenvalue weighted by Gasteiger charge is -2.15. The molecule has 0 N–H and O–H groups in total. The standard InChI is InChI=1S/C33H40.C14H18.C9H12.C5H12.2C3H8.C2H6/c1-9-12-28(18-14-24(4)5)30-20-16-26(7)32(22-30)33-23-31(21-17-27(33)8)29(13-10-2)19-15-25(6)11-3;1-5-8-11(2)13(4)14-10-7-6-9-12(14)3;1-7-4-8(2)6-9(3)5-7;1-3-5-4-2;2*1-3-2;1-2/h9-10,12-25H,1-2,11H2,3-8H3;5-10H,1-4H3;4-6H,1-3H3;3-5H2,1-2H3;2*3H2,1-2H3;1-2H3/b18-14-,19-15-,28-12+,29-13+;8-5-,13-11+;;;;;. The highest BCUT2D eigenvalue weighted by Crippen LogP contribution is 2.33. The van der Waals surface area contributed by atoms with E-state index in [-0.39, 0.29) is 0 Å². The molecule has 0 aliphatic carbocycles. The molecule has 0 heterocycles. The van der Waals surface area contributed by atoms with E-state index in [9.17, 15) is 0 Å². The first kappa shape index (κ1) is 68.1. The smallest absolute Gasteiger partial charge is 0.0146 e. The molecule has 4 aromatic carbocycles. The van der Waals surface area contributed by atoms with Crippen LogP contribution in [-0.2, 0) is 0 Å². The van der Waals surface area contributed by atoms with Crippen LogP contribution in [0.4, 0.5) is 0 Å². The van der Waals surface area contributed by atoms with Crippen molar-refractivity contribution < 1.29 is 0 Å². The van der Waals surface area contributed by atoms with Crippen molar-refractivity contribution in [3.05, 3.63) is 208 Å². The van der Waals surface area contributed by atoms with Crippen LogP contribution in [0.5, 0.6) is 0 Å². The van der Waals surface area contributed by atoms with Gasteiger partial charge in [0.15, 0.2) is 0 Å². The molecular weight excluding hydrogens is 829 g/mol. The maximum absolute atomic E-state index is 3.93. The molecule has 0 spiro atoms. The van der Waals surface area contributed by atoms with Crippen LogP contribution in [0.2, 0.25) is 0 Å². The van der Waals surface area contributed by atoms with Crippen molar-refractivity contribution in [3.8, 4) is 11.1 Å². The number of benzene rings is 4. The first-order valence-corrected chi connectivity index (χ1v) is 26.5.